The van der Waals surface area contributed by atoms with Crippen LogP contribution in [0.25, 0.3) is 0 Å². The Morgan fingerprint density at radius 3 is 2.45 bits per heavy atom. The summed E-state index contributed by atoms with van der Waals surface area (Å²) < 4.78 is 0. The molecule has 22 heavy (non-hydrogen) atoms. The molecule has 0 fully saturated rings. The van der Waals surface area contributed by atoms with Crippen LogP contribution in [-0.4, -0.2) is 21.7 Å². The minimum atomic E-state index is -0.638. The molecule has 1 heterocycles. The highest BCUT2D eigenvalue weighted by molar-refractivity contribution is 6.06. The van der Waals surface area contributed by atoms with Crippen LogP contribution in [0.3, 0.4) is 0 Å². The summed E-state index contributed by atoms with van der Waals surface area (Å²) in [6.07, 6.45) is 1.01. The number of benzene rings is 1. The van der Waals surface area contributed by atoms with Crippen LogP contribution in [0.15, 0.2) is 42.6 Å². The van der Waals surface area contributed by atoms with Gasteiger partial charge in [0.15, 0.2) is 5.82 Å². The lowest BCUT2D eigenvalue weighted by Gasteiger charge is -2.10. The topological polar surface area (TPSA) is 114 Å². The van der Waals surface area contributed by atoms with Crippen LogP contribution in [0.5, 0.6) is 0 Å². The Balaban J connectivity index is 2.31. The molecular formula is C14H12N4O4. The first-order valence-corrected chi connectivity index (χ1v) is 6.26. The van der Waals surface area contributed by atoms with Crippen LogP contribution in [-0.2, 0) is 4.79 Å². The molecule has 2 aromatic rings. The molecule has 1 aromatic heterocycles. The fourth-order valence-electron chi connectivity index (χ4n) is 1.71. The minimum Gasteiger partial charge on any atom is -0.323 e. The van der Waals surface area contributed by atoms with Gasteiger partial charge in [0, 0.05) is 18.6 Å². The van der Waals surface area contributed by atoms with Gasteiger partial charge < -0.3 is 10.6 Å². The van der Waals surface area contributed by atoms with Gasteiger partial charge in [0.1, 0.15) is 6.20 Å². The van der Waals surface area contributed by atoms with Crippen molar-refractivity contribution in [3.05, 3.63) is 58.3 Å². The lowest BCUT2D eigenvalue weighted by atomic mass is 10.2. The van der Waals surface area contributed by atoms with Gasteiger partial charge in [-0.2, -0.15) is 0 Å². The van der Waals surface area contributed by atoms with E-state index in [0.717, 1.165) is 12.3 Å². The summed E-state index contributed by atoms with van der Waals surface area (Å²) in [7, 11) is 0. The first-order chi connectivity index (χ1) is 10.5. The second kappa shape index (κ2) is 6.44. The van der Waals surface area contributed by atoms with Crippen molar-refractivity contribution in [2.45, 2.75) is 6.92 Å². The van der Waals surface area contributed by atoms with E-state index in [0.29, 0.717) is 5.56 Å². The lowest BCUT2D eigenvalue weighted by Crippen LogP contribution is -2.16. The van der Waals surface area contributed by atoms with E-state index in [2.05, 4.69) is 15.6 Å². The Morgan fingerprint density at radius 1 is 1.18 bits per heavy atom. The standard InChI is InChI=1S/C14H12N4O4/c1-9(19)16-12-7-11(18(21)22)8-15-13(12)17-14(20)10-5-3-2-4-6-10/h2-8H,1H3,(H,16,19)(H,15,17,20). The number of aromatic nitrogens is 1. The third-order valence-electron chi connectivity index (χ3n) is 2.66. The molecule has 2 N–H and O–H groups in total. The summed E-state index contributed by atoms with van der Waals surface area (Å²) in [5, 5.41) is 15.7. The SMILES string of the molecule is CC(=O)Nc1cc([N+](=O)[O-])cnc1NC(=O)c1ccccc1. The Morgan fingerprint density at radius 2 is 1.86 bits per heavy atom. The molecule has 2 rings (SSSR count). The summed E-state index contributed by atoms with van der Waals surface area (Å²) in [5.41, 5.74) is 0.170. The van der Waals surface area contributed by atoms with E-state index in [1.54, 1.807) is 30.3 Å². The first-order valence-electron chi connectivity index (χ1n) is 6.26. The van der Waals surface area contributed by atoms with E-state index >= 15 is 0 Å². The summed E-state index contributed by atoms with van der Waals surface area (Å²) in [4.78, 5) is 37.2. The second-order valence-electron chi connectivity index (χ2n) is 4.35. The number of pyridine rings is 1. The van der Waals surface area contributed by atoms with Crippen LogP contribution >= 0.6 is 0 Å². The predicted molar refractivity (Wildman–Crippen MR) is 79.6 cm³/mol. The number of nitro groups is 1. The van der Waals surface area contributed by atoms with E-state index in [1.165, 1.54) is 6.92 Å². The summed E-state index contributed by atoms with van der Waals surface area (Å²) in [6, 6.07) is 9.52. The molecule has 0 atom stereocenters. The van der Waals surface area contributed by atoms with Crippen molar-refractivity contribution < 1.29 is 14.5 Å². The summed E-state index contributed by atoms with van der Waals surface area (Å²) >= 11 is 0. The molecule has 8 heteroatoms. The van der Waals surface area contributed by atoms with Gasteiger partial charge in [0.2, 0.25) is 5.91 Å². The van der Waals surface area contributed by atoms with Gasteiger partial charge in [-0.3, -0.25) is 19.7 Å². The average Bonchev–Trinajstić information content (AvgIpc) is 2.49. The zero-order valence-electron chi connectivity index (χ0n) is 11.6. The molecule has 0 unspecified atom stereocenters. The normalized spacial score (nSPS) is 9.86. The largest absolute Gasteiger partial charge is 0.323 e. The number of carbonyl (C=O) groups excluding carboxylic acids is 2. The average molecular weight is 300 g/mol. The van der Waals surface area contributed by atoms with E-state index in [9.17, 15) is 19.7 Å². The lowest BCUT2D eigenvalue weighted by molar-refractivity contribution is -0.385. The molecule has 1 aromatic carbocycles. The quantitative estimate of drug-likeness (QED) is 0.663. The van der Waals surface area contributed by atoms with Crippen LogP contribution in [0.1, 0.15) is 17.3 Å². The molecule has 0 bridgehead atoms. The first kappa shape index (κ1) is 15.1. The van der Waals surface area contributed by atoms with E-state index in [4.69, 9.17) is 0 Å². The van der Waals surface area contributed by atoms with E-state index < -0.39 is 16.7 Å². The van der Waals surface area contributed by atoms with Gasteiger partial charge in [-0.05, 0) is 12.1 Å². The highest BCUT2D eigenvalue weighted by atomic mass is 16.6. The van der Waals surface area contributed by atoms with E-state index in [-0.39, 0.29) is 17.2 Å². The van der Waals surface area contributed by atoms with Crippen molar-refractivity contribution in [2.24, 2.45) is 0 Å². The Hall–Kier alpha value is -3.29. The zero-order chi connectivity index (χ0) is 16.1. The fraction of sp³-hybridized carbons (Fsp3) is 0.0714. The maximum Gasteiger partial charge on any atom is 0.289 e. The Labute approximate surface area is 125 Å². The molecule has 8 nitrogen and oxygen atoms in total. The van der Waals surface area contributed by atoms with Crippen LogP contribution in [0.2, 0.25) is 0 Å². The molecular weight excluding hydrogens is 288 g/mol. The number of rotatable bonds is 4. The van der Waals surface area contributed by atoms with Gasteiger partial charge in [-0.25, -0.2) is 4.98 Å². The number of amides is 2. The summed E-state index contributed by atoms with van der Waals surface area (Å²) in [6.45, 7) is 1.25. The predicted octanol–water partition coefficient (Wildman–Crippen LogP) is 2.20. The molecule has 0 aliphatic heterocycles. The van der Waals surface area contributed by atoms with Crippen molar-refractivity contribution in [1.82, 2.24) is 4.98 Å². The second-order valence-corrected chi connectivity index (χ2v) is 4.35. The van der Waals surface area contributed by atoms with Gasteiger partial charge in [-0.15, -0.1) is 0 Å². The zero-order valence-corrected chi connectivity index (χ0v) is 11.6. The minimum absolute atomic E-state index is 0.0367. The molecule has 0 radical (unpaired) electrons. The van der Waals surface area contributed by atoms with Crippen LogP contribution in [0, 0.1) is 10.1 Å². The molecule has 0 aliphatic carbocycles. The number of carbonyl (C=O) groups is 2. The molecule has 0 spiro atoms. The molecule has 0 saturated carbocycles. The Kier molecular flexibility index (Phi) is 4.42. The van der Waals surface area contributed by atoms with Gasteiger partial charge >= 0.3 is 0 Å². The van der Waals surface area contributed by atoms with Crippen molar-refractivity contribution in [2.75, 3.05) is 10.6 Å². The maximum absolute atomic E-state index is 12.1. The Bertz CT molecular complexity index is 731. The summed E-state index contributed by atoms with van der Waals surface area (Å²) in [5.74, 6) is -0.833. The highest BCUT2D eigenvalue weighted by Crippen LogP contribution is 2.24. The highest BCUT2D eigenvalue weighted by Gasteiger charge is 2.15. The third-order valence-corrected chi connectivity index (χ3v) is 2.66. The van der Waals surface area contributed by atoms with Crippen molar-refractivity contribution in [1.29, 1.82) is 0 Å². The van der Waals surface area contributed by atoms with Crippen molar-refractivity contribution in [3.8, 4) is 0 Å². The van der Waals surface area contributed by atoms with E-state index in [1.807, 2.05) is 0 Å². The van der Waals surface area contributed by atoms with Gasteiger partial charge in [-0.1, -0.05) is 18.2 Å². The number of hydrogen-bond donors (Lipinski definition) is 2. The number of anilines is 2. The third kappa shape index (κ3) is 3.63. The molecule has 0 aliphatic rings. The van der Waals surface area contributed by atoms with Crippen molar-refractivity contribution in [3.63, 3.8) is 0 Å². The van der Waals surface area contributed by atoms with Crippen LogP contribution < -0.4 is 10.6 Å². The molecule has 112 valence electrons. The number of hydrogen-bond acceptors (Lipinski definition) is 5. The fourth-order valence-corrected chi connectivity index (χ4v) is 1.71. The number of nitrogens with zero attached hydrogens (tertiary/aromatic N) is 2. The molecule has 0 saturated heterocycles. The molecule has 2 amide bonds. The van der Waals surface area contributed by atoms with Gasteiger partial charge in [0.25, 0.3) is 11.6 Å². The van der Waals surface area contributed by atoms with Crippen molar-refractivity contribution >= 4 is 29.0 Å². The number of nitrogens with one attached hydrogen (secondary N) is 2. The smallest absolute Gasteiger partial charge is 0.289 e. The van der Waals surface area contributed by atoms with Crippen LogP contribution in [0.4, 0.5) is 17.2 Å². The maximum atomic E-state index is 12.1. The monoisotopic (exact) mass is 300 g/mol. The van der Waals surface area contributed by atoms with Gasteiger partial charge in [0.05, 0.1) is 10.6 Å².